The molecule has 2 aromatic carbocycles. The van der Waals surface area contributed by atoms with Gasteiger partial charge in [0.15, 0.2) is 6.29 Å². The van der Waals surface area contributed by atoms with Crippen LogP contribution in [0.15, 0.2) is 42.5 Å². The van der Waals surface area contributed by atoms with E-state index in [-0.39, 0.29) is 35.2 Å². The minimum absolute atomic E-state index is 0.0697. The van der Waals surface area contributed by atoms with Gasteiger partial charge in [-0.05, 0) is 55.7 Å². The summed E-state index contributed by atoms with van der Waals surface area (Å²) >= 11 is 6.18. The van der Waals surface area contributed by atoms with E-state index < -0.39 is 0 Å². The number of nitrogens with zero attached hydrogens (tertiary/aromatic N) is 1. The number of carbonyl (C=O) groups excluding carboxylic acids is 1. The zero-order valence-corrected chi connectivity index (χ0v) is 22.6. The van der Waals surface area contributed by atoms with Crippen LogP contribution in [0, 0.1) is 22.2 Å². The number of nitriles is 1. The molecular formula is C29H35ClN2O5. The summed E-state index contributed by atoms with van der Waals surface area (Å²) in [4.78, 5) is 13.1. The second-order valence-corrected chi connectivity index (χ2v) is 11.2. The number of benzene rings is 2. The summed E-state index contributed by atoms with van der Waals surface area (Å²) in [6, 6.07) is 14.3. The highest BCUT2D eigenvalue weighted by atomic mass is 35.5. The van der Waals surface area contributed by atoms with Crippen molar-refractivity contribution < 1.29 is 23.7 Å². The third-order valence-electron chi connectivity index (χ3n) is 7.34. The lowest BCUT2D eigenvalue weighted by Gasteiger charge is -2.63. The van der Waals surface area contributed by atoms with E-state index in [1.165, 1.54) is 0 Å². The summed E-state index contributed by atoms with van der Waals surface area (Å²) in [6.45, 7) is 10.3. The van der Waals surface area contributed by atoms with E-state index in [1.807, 2.05) is 12.1 Å². The fourth-order valence-electron chi connectivity index (χ4n) is 5.69. The highest BCUT2D eigenvalue weighted by Gasteiger charge is 2.64. The van der Waals surface area contributed by atoms with Crippen LogP contribution in [0.2, 0.25) is 5.02 Å². The quantitative estimate of drug-likeness (QED) is 0.397. The molecule has 0 atom stereocenters. The van der Waals surface area contributed by atoms with Gasteiger partial charge in [0.2, 0.25) is 0 Å². The Hall–Kier alpha value is -2.79. The summed E-state index contributed by atoms with van der Waals surface area (Å²) in [5.41, 5.74) is 0.346. The van der Waals surface area contributed by atoms with Crippen molar-refractivity contribution in [2.75, 3.05) is 19.8 Å². The van der Waals surface area contributed by atoms with Crippen molar-refractivity contribution in [2.24, 2.45) is 10.8 Å². The first-order valence-electron chi connectivity index (χ1n) is 12.8. The summed E-state index contributed by atoms with van der Waals surface area (Å²) in [5.74, 6) is 1.22. The standard InChI is InChI=1S/C29H35ClN2O5/c1-28(2)26(29(3,4)27(28)37-22-13-10-20(18-31)23(30)17-22)32-25(33)19-8-11-21(12-9-19)34-14-6-5-7-24-35-15-16-36-24/h8-13,17,24,26-27H,5-7,14-16H2,1-4H3,(H,32,33). The molecule has 7 nitrogen and oxygen atoms in total. The number of nitrogens with one attached hydrogen (secondary N) is 1. The number of rotatable bonds is 10. The fraction of sp³-hybridized carbons (Fsp3) is 0.517. The maximum absolute atomic E-state index is 13.1. The van der Waals surface area contributed by atoms with Crippen molar-refractivity contribution in [1.29, 1.82) is 5.26 Å². The lowest BCUT2D eigenvalue weighted by molar-refractivity contribution is -0.164. The van der Waals surface area contributed by atoms with Crippen LogP contribution in [-0.2, 0) is 9.47 Å². The van der Waals surface area contributed by atoms with Crippen molar-refractivity contribution in [2.45, 2.75) is 65.4 Å². The molecule has 1 aliphatic carbocycles. The molecule has 2 aliphatic rings. The number of ether oxygens (including phenoxy) is 4. The van der Waals surface area contributed by atoms with E-state index in [0.717, 1.165) is 25.0 Å². The molecule has 4 rings (SSSR count). The van der Waals surface area contributed by atoms with Crippen LogP contribution in [-0.4, -0.2) is 44.2 Å². The Bertz CT molecular complexity index is 1120. The molecule has 37 heavy (non-hydrogen) atoms. The van der Waals surface area contributed by atoms with Crippen molar-refractivity contribution in [3.63, 3.8) is 0 Å². The maximum Gasteiger partial charge on any atom is 0.251 e. The minimum Gasteiger partial charge on any atom is -0.494 e. The molecule has 0 spiro atoms. The van der Waals surface area contributed by atoms with E-state index in [2.05, 4.69) is 39.1 Å². The van der Waals surface area contributed by atoms with Gasteiger partial charge in [0.05, 0.1) is 30.4 Å². The molecule has 198 valence electrons. The van der Waals surface area contributed by atoms with Crippen molar-refractivity contribution in [1.82, 2.24) is 5.32 Å². The molecule has 1 amide bonds. The van der Waals surface area contributed by atoms with Crippen LogP contribution in [0.1, 0.15) is 62.9 Å². The molecule has 1 aliphatic heterocycles. The predicted molar refractivity (Wildman–Crippen MR) is 141 cm³/mol. The second-order valence-electron chi connectivity index (χ2n) is 10.8. The molecule has 2 aromatic rings. The number of hydrogen-bond donors (Lipinski definition) is 1. The Labute approximate surface area is 224 Å². The molecule has 1 heterocycles. The Morgan fingerprint density at radius 1 is 1.05 bits per heavy atom. The first-order valence-corrected chi connectivity index (χ1v) is 13.1. The lowest BCUT2D eigenvalue weighted by Crippen LogP contribution is -2.74. The highest BCUT2D eigenvalue weighted by Crippen LogP contribution is 2.55. The van der Waals surface area contributed by atoms with Gasteiger partial charge in [-0.25, -0.2) is 0 Å². The molecule has 2 fully saturated rings. The van der Waals surface area contributed by atoms with E-state index in [1.54, 1.807) is 30.3 Å². The molecule has 1 saturated carbocycles. The normalized spacial score (nSPS) is 22.1. The Morgan fingerprint density at radius 2 is 1.70 bits per heavy atom. The van der Waals surface area contributed by atoms with E-state index in [0.29, 0.717) is 41.7 Å². The van der Waals surface area contributed by atoms with Gasteiger partial charge in [-0.3, -0.25) is 4.79 Å². The van der Waals surface area contributed by atoms with Gasteiger partial charge in [-0.1, -0.05) is 39.3 Å². The number of carbonyl (C=O) groups is 1. The number of hydrogen-bond acceptors (Lipinski definition) is 6. The van der Waals surface area contributed by atoms with Crippen LogP contribution < -0.4 is 14.8 Å². The van der Waals surface area contributed by atoms with Gasteiger partial charge in [-0.15, -0.1) is 0 Å². The fourth-order valence-corrected chi connectivity index (χ4v) is 5.90. The Morgan fingerprint density at radius 3 is 2.32 bits per heavy atom. The topological polar surface area (TPSA) is 89.8 Å². The van der Waals surface area contributed by atoms with Crippen LogP contribution in [0.3, 0.4) is 0 Å². The summed E-state index contributed by atoms with van der Waals surface area (Å²) in [7, 11) is 0. The zero-order chi connectivity index (χ0) is 26.6. The van der Waals surface area contributed by atoms with Gasteiger partial charge in [0.25, 0.3) is 5.91 Å². The third-order valence-corrected chi connectivity index (χ3v) is 7.65. The first-order chi connectivity index (χ1) is 17.6. The monoisotopic (exact) mass is 526 g/mol. The number of halogens is 1. The van der Waals surface area contributed by atoms with Gasteiger partial charge in [-0.2, -0.15) is 5.26 Å². The number of unbranched alkanes of at least 4 members (excludes halogenated alkanes) is 1. The molecule has 0 radical (unpaired) electrons. The molecule has 1 N–H and O–H groups in total. The van der Waals surface area contributed by atoms with E-state index in [9.17, 15) is 4.79 Å². The molecule has 8 heteroatoms. The van der Waals surface area contributed by atoms with Crippen molar-refractivity contribution in [3.05, 3.63) is 58.6 Å². The van der Waals surface area contributed by atoms with Gasteiger partial charge < -0.3 is 24.3 Å². The molecule has 0 aromatic heterocycles. The van der Waals surface area contributed by atoms with Gasteiger partial charge in [0, 0.05) is 28.5 Å². The molecule has 0 bridgehead atoms. The predicted octanol–water partition coefficient (Wildman–Crippen LogP) is 5.75. The minimum atomic E-state index is -0.322. The van der Waals surface area contributed by atoms with Gasteiger partial charge >= 0.3 is 0 Å². The SMILES string of the molecule is CC1(C)C(NC(=O)c2ccc(OCCCCC3OCCO3)cc2)C(C)(C)C1Oc1ccc(C#N)c(Cl)c1. The van der Waals surface area contributed by atoms with Crippen molar-refractivity contribution in [3.8, 4) is 17.6 Å². The third kappa shape index (κ3) is 6.04. The highest BCUT2D eigenvalue weighted by molar-refractivity contribution is 6.31. The Kier molecular flexibility index (Phi) is 8.33. The van der Waals surface area contributed by atoms with Crippen LogP contribution >= 0.6 is 11.6 Å². The molecule has 1 saturated heterocycles. The smallest absolute Gasteiger partial charge is 0.251 e. The second kappa shape index (κ2) is 11.3. The Balaban J connectivity index is 1.28. The first kappa shape index (κ1) is 27.3. The lowest BCUT2D eigenvalue weighted by atomic mass is 9.49. The maximum atomic E-state index is 13.1. The van der Waals surface area contributed by atoms with Gasteiger partial charge in [0.1, 0.15) is 23.7 Å². The average Bonchev–Trinajstić information content (AvgIpc) is 3.39. The largest absolute Gasteiger partial charge is 0.494 e. The van der Waals surface area contributed by atoms with Crippen LogP contribution in [0.4, 0.5) is 0 Å². The zero-order valence-electron chi connectivity index (χ0n) is 21.9. The molecule has 0 unspecified atom stereocenters. The summed E-state index contributed by atoms with van der Waals surface area (Å²) in [6.07, 6.45) is 2.54. The number of amides is 1. The average molecular weight is 527 g/mol. The summed E-state index contributed by atoms with van der Waals surface area (Å²) < 4.78 is 23.0. The van der Waals surface area contributed by atoms with Crippen LogP contribution in [0.25, 0.3) is 0 Å². The van der Waals surface area contributed by atoms with E-state index >= 15 is 0 Å². The van der Waals surface area contributed by atoms with Crippen LogP contribution in [0.5, 0.6) is 11.5 Å². The van der Waals surface area contributed by atoms with E-state index in [4.69, 9.17) is 35.8 Å². The van der Waals surface area contributed by atoms with Crippen molar-refractivity contribution >= 4 is 17.5 Å². The molecular weight excluding hydrogens is 492 g/mol. The summed E-state index contributed by atoms with van der Waals surface area (Å²) in [5, 5.41) is 12.7.